The van der Waals surface area contributed by atoms with Crippen LogP contribution in [0.25, 0.3) is 0 Å². The molecule has 0 saturated carbocycles. The zero-order valence-corrected chi connectivity index (χ0v) is 20.5. The molecule has 0 spiro atoms. The molecule has 1 aromatic carbocycles. The maximum absolute atomic E-state index is 14.6. The number of benzene rings is 1. The van der Waals surface area contributed by atoms with Crippen molar-refractivity contribution in [3.8, 4) is 0 Å². The maximum atomic E-state index is 14.6. The summed E-state index contributed by atoms with van der Waals surface area (Å²) < 4.78 is 48.6. The standard InChI is InChI=1S/C23H27FN6O4S/c1-13-21(27-19-7-6-17(10-18(19)24)35(3,31)32)25-12-26-22(13)30-15-4-5-16(30)9-14(8-15)23-28-20(11-33-2)29-34-23/h6-7,10,12,14-16H,4-5,8-9,11H2,1-3H3,(H,25,26,27). The van der Waals surface area contributed by atoms with Gasteiger partial charge in [-0.1, -0.05) is 5.16 Å². The van der Waals surface area contributed by atoms with Crippen molar-refractivity contribution < 1.29 is 22.1 Å². The predicted molar refractivity (Wildman–Crippen MR) is 126 cm³/mol. The number of anilines is 3. The zero-order valence-electron chi connectivity index (χ0n) is 19.7. The number of sulfone groups is 1. The number of methoxy groups -OCH3 is 1. The fraction of sp³-hybridized carbons (Fsp3) is 0.478. The summed E-state index contributed by atoms with van der Waals surface area (Å²) >= 11 is 0. The van der Waals surface area contributed by atoms with Crippen molar-refractivity contribution in [2.24, 2.45) is 0 Å². The third-order valence-electron chi connectivity index (χ3n) is 6.76. The van der Waals surface area contributed by atoms with E-state index in [1.807, 2.05) is 6.92 Å². The van der Waals surface area contributed by atoms with E-state index in [1.54, 1.807) is 7.11 Å². The molecule has 2 saturated heterocycles. The van der Waals surface area contributed by atoms with Crippen molar-refractivity contribution in [2.75, 3.05) is 23.6 Å². The van der Waals surface area contributed by atoms with Crippen molar-refractivity contribution >= 4 is 27.2 Å². The summed E-state index contributed by atoms with van der Waals surface area (Å²) in [6, 6.07) is 4.33. The van der Waals surface area contributed by atoms with Crippen LogP contribution in [0.1, 0.15) is 48.9 Å². The van der Waals surface area contributed by atoms with Crippen LogP contribution >= 0.6 is 0 Å². The molecule has 3 aromatic rings. The first-order valence-electron chi connectivity index (χ1n) is 11.4. The number of aromatic nitrogens is 4. The molecular formula is C23H27FN6O4S. The SMILES string of the molecule is COCc1noc(C2CC3CCC(C2)N3c2ncnc(Nc3ccc(S(C)(=O)=O)cc3F)c2C)n1. The molecule has 0 amide bonds. The van der Waals surface area contributed by atoms with E-state index in [9.17, 15) is 12.8 Å². The Labute approximate surface area is 202 Å². The van der Waals surface area contributed by atoms with E-state index in [0.29, 0.717) is 24.1 Å². The molecular weight excluding hydrogens is 475 g/mol. The highest BCUT2D eigenvalue weighted by Crippen LogP contribution is 2.45. The van der Waals surface area contributed by atoms with Crippen molar-refractivity contribution in [3.63, 3.8) is 0 Å². The van der Waals surface area contributed by atoms with Crippen LogP contribution in [0.5, 0.6) is 0 Å². The molecule has 12 heteroatoms. The lowest BCUT2D eigenvalue weighted by Gasteiger charge is -2.39. The van der Waals surface area contributed by atoms with Crippen LogP contribution in [-0.2, 0) is 21.2 Å². The van der Waals surface area contributed by atoms with Gasteiger partial charge in [-0.2, -0.15) is 4.98 Å². The molecule has 10 nitrogen and oxygen atoms in total. The van der Waals surface area contributed by atoms with Crippen LogP contribution in [0.2, 0.25) is 0 Å². The third kappa shape index (κ3) is 4.59. The molecule has 2 bridgehead atoms. The molecule has 2 aliphatic heterocycles. The zero-order chi connectivity index (χ0) is 24.7. The van der Waals surface area contributed by atoms with E-state index >= 15 is 0 Å². The van der Waals surface area contributed by atoms with Crippen molar-refractivity contribution in [1.82, 2.24) is 20.1 Å². The Hall–Kier alpha value is -3.12. The second-order valence-corrected chi connectivity index (χ2v) is 11.2. The molecule has 0 radical (unpaired) electrons. The average molecular weight is 503 g/mol. The van der Waals surface area contributed by atoms with Gasteiger partial charge in [0.25, 0.3) is 0 Å². The van der Waals surface area contributed by atoms with E-state index in [-0.39, 0.29) is 28.6 Å². The number of piperidine rings is 1. The number of rotatable bonds is 7. The van der Waals surface area contributed by atoms with Crippen LogP contribution in [0.4, 0.5) is 21.7 Å². The molecule has 35 heavy (non-hydrogen) atoms. The molecule has 2 unspecified atom stereocenters. The predicted octanol–water partition coefficient (Wildman–Crippen LogP) is 3.52. The van der Waals surface area contributed by atoms with Gasteiger partial charge >= 0.3 is 0 Å². The first-order chi connectivity index (χ1) is 16.7. The second kappa shape index (κ2) is 9.15. The molecule has 0 aliphatic carbocycles. The lowest BCUT2D eigenvalue weighted by atomic mass is 9.90. The second-order valence-electron chi connectivity index (χ2n) is 9.15. The van der Waals surface area contributed by atoms with E-state index in [1.165, 1.54) is 18.5 Å². The number of nitrogens with one attached hydrogen (secondary N) is 1. The minimum atomic E-state index is -3.50. The van der Waals surface area contributed by atoms with Crippen LogP contribution in [0.3, 0.4) is 0 Å². The lowest BCUT2D eigenvalue weighted by molar-refractivity contribution is 0.174. The Bertz CT molecular complexity index is 1330. The highest BCUT2D eigenvalue weighted by molar-refractivity contribution is 7.90. The maximum Gasteiger partial charge on any atom is 0.230 e. The van der Waals surface area contributed by atoms with E-state index < -0.39 is 15.7 Å². The minimum Gasteiger partial charge on any atom is -0.377 e. The van der Waals surface area contributed by atoms with E-state index in [0.717, 1.165) is 49.4 Å². The van der Waals surface area contributed by atoms with Gasteiger partial charge < -0.3 is 19.5 Å². The number of ether oxygens (including phenoxy) is 1. The quantitative estimate of drug-likeness (QED) is 0.513. The van der Waals surface area contributed by atoms with E-state index in [4.69, 9.17) is 9.26 Å². The van der Waals surface area contributed by atoms with Gasteiger partial charge in [-0.25, -0.2) is 22.8 Å². The first kappa shape index (κ1) is 23.6. The van der Waals surface area contributed by atoms with Gasteiger partial charge in [0, 0.05) is 36.9 Å². The van der Waals surface area contributed by atoms with Gasteiger partial charge in [-0.3, -0.25) is 0 Å². The lowest BCUT2D eigenvalue weighted by Crippen LogP contribution is -2.43. The van der Waals surface area contributed by atoms with Crippen molar-refractivity contribution in [1.29, 1.82) is 0 Å². The largest absolute Gasteiger partial charge is 0.377 e. The highest BCUT2D eigenvalue weighted by Gasteiger charge is 2.44. The summed E-state index contributed by atoms with van der Waals surface area (Å²) in [7, 11) is -1.90. The molecule has 5 rings (SSSR count). The summed E-state index contributed by atoms with van der Waals surface area (Å²) in [5.41, 5.74) is 0.949. The first-order valence-corrected chi connectivity index (χ1v) is 13.3. The molecule has 186 valence electrons. The van der Waals surface area contributed by atoms with Crippen LogP contribution in [0, 0.1) is 12.7 Å². The van der Waals surface area contributed by atoms with Gasteiger partial charge in [-0.15, -0.1) is 0 Å². The fourth-order valence-electron chi connectivity index (χ4n) is 5.13. The normalized spacial score (nSPS) is 21.9. The third-order valence-corrected chi connectivity index (χ3v) is 7.87. The summed E-state index contributed by atoms with van der Waals surface area (Å²) in [5.74, 6) is 2.01. The van der Waals surface area contributed by atoms with Gasteiger partial charge in [0.2, 0.25) is 5.89 Å². The topological polar surface area (TPSA) is 123 Å². The van der Waals surface area contributed by atoms with E-state index in [2.05, 4.69) is 30.3 Å². The average Bonchev–Trinajstić information content (AvgIpc) is 3.37. The van der Waals surface area contributed by atoms with Crippen LogP contribution < -0.4 is 10.2 Å². The van der Waals surface area contributed by atoms with Gasteiger partial charge in [0.1, 0.15) is 30.4 Å². The molecule has 2 aromatic heterocycles. The Morgan fingerprint density at radius 3 is 2.63 bits per heavy atom. The highest BCUT2D eigenvalue weighted by atomic mass is 32.2. The molecule has 2 fully saturated rings. The summed E-state index contributed by atoms with van der Waals surface area (Å²) in [4.78, 5) is 15.7. The number of fused-ring (bicyclic) bond motifs is 2. The number of halogens is 1. The number of hydrogen-bond donors (Lipinski definition) is 1. The minimum absolute atomic E-state index is 0.0734. The Morgan fingerprint density at radius 1 is 1.23 bits per heavy atom. The van der Waals surface area contributed by atoms with Gasteiger partial charge in [-0.05, 0) is 50.8 Å². The van der Waals surface area contributed by atoms with Crippen molar-refractivity contribution in [2.45, 2.75) is 62.1 Å². The van der Waals surface area contributed by atoms with Crippen LogP contribution in [-0.4, -0.2) is 54.0 Å². The Kier molecular flexibility index (Phi) is 6.18. The Morgan fingerprint density at radius 2 is 1.97 bits per heavy atom. The summed E-state index contributed by atoms with van der Waals surface area (Å²) in [6.07, 6.45) is 6.33. The Balaban J connectivity index is 1.36. The smallest absolute Gasteiger partial charge is 0.230 e. The molecule has 1 N–H and O–H groups in total. The monoisotopic (exact) mass is 502 g/mol. The molecule has 4 heterocycles. The summed E-state index contributed by atoms with van der Waals surface area (Å²) in [6.45, 7) is 2.23. The number of hydrogen-bond acceptors (Lipinski definition) is 10. The fourth-order valence-corrected chi connectivity index (χ4v) is 5.76. The molecule has 2 atom stereocenters. The molecule has 2 aliphatic rings. The van der Waals surface area contributed by atoms with Gasteiger partial charge in [0.05, 0.1) is 10.6 Å². The summed E-state index contributed by atoms with van der Waals surface area (Å²) in [5, 5.41) is 7.01. The van der Waals surface area contributed by atoms with Crippen molar-refractivity contribution in [3.05, 3.63) is 47.6 Å². The number of nitrogens with zero attached hydrogens (tertiary/aromatic N) is 5. The van der Waals surface area contributed by atoms with Crippen LogP contribution in [0.15, 0.2) is 33.9 Å². The van der Waals surface area contributed by atoms with Gasteiger partial charge in [0.15, 0.2) is 15.7 Å².